The SMILES string of the molecule is CC(CNCCN1C(=O)C=CC1=O)Oc1ccc([N+](=O)[O-])cc1. The largest absolute Gasteiger partial charge is 0.489 e. The molecule has 1 aromatic rings. The number of nitro groups is 1. The average Bonchev–Trinajstić information content (AvgIpc) is 2.83. The zero-order chi connectivity index (χ0) is 16.8. The Balaban J connectivity index is 1.69. The Morgan fingerprint density at radius 2 is 1.83 bits per heavy atom. The number of amides is 2. The summed E-state index contributed by atoms with van der Waals surface area (Å²) in [6.07, 6.45) is 2.34. The Morgan fingerprint density at radius 1 is 1.22 bits per heavy atom. The van der Waals surface area contributed by atoms with Crippen LogP contribution in [0.15, 0.2) is 36.4 Å². The number of hydrogen-bond acceptors (Lipinski definition) is 6. The van der Waals surface area contributed by atoms with Crippen LogP contribution in [-0.2, 0) is 9.59 Å². The Bertz CT molecular complexity index is 609. The first kappa shape index (κ1) is 16.6. The van der Waals surface area contributed by atoms with Gasteiger partial charge in [-0.1, -0.05) is 0 Å². The summed E-state index contributed by atoms with van der Waals surface area (Å²) >= 11 is 0. The van der Waals surface area contributed by atoms with E-state index in [-0.39, 0.29) is 23.6 Å². The van der Waals surface area contributed by atoms with Crippen molar-refractivity contribution in [2.75, 3.05) is 19.6 Å². The molecule has 8 nitrogen and oxygen atoms in total. The maximum absolute atomic E-state index is 11.3. The van der Waals surface area contributed by atoms with Crippen molar-refractivity contribution in [3.05, 3.63) is 46.5 Å². The Kier molecular flexibility index (Phi) is 5.42. The lowest BCUT2D eigenvalue weighted by Gasteiger charge is -2.17. The summed E-state index contributed by atoms with van der Waals surface area (Å²) in [6.45, 7) is 3.13. The van der Waals surface area contributed by atoms with Crippen LogP contribution in [0.3, 0.4) is 0 Å². The molecule has 1 heterocycles. The third kappa shape index (κ3) is 4.62. The fourth-order valence-corrected chi connectivity index (χ4v) is 2.07. The summed E-state index contributed by atoms with van der Waals surface area (Å²) < 4.78 is 5.62. The van der Waals surface area contributed by atoms with Gasteiger partial charge in [-0.2, -0.15) is 0 Å². The van der Waals surface area contributed by atoms with Crippen molar-refractivity contribution in [2.24, 2.45) is 0 Å². The number of carbonyl (C=O) groups is 2. The highest BCUT2D eigenvalue weighted by Gasteiger charge is 2.22. The maximum atomic E-state index is 11.3. The van der Waals surface area contributed by atoms with E-state index >= 15 is 0 Å². The second-order valence-electron chi connectivity index (χ2n) is 5.05. The fraction of sp³-hybridized carbons (Fsp3) is 0.333. The predicted octanol–water partition coefficient (Wildman–Crippen LogP) is 0.877. The maximum Gasteiger partial charge on any atom is 0.269 e. The van der Waals surface area contributed by atoms with E-state index in [2.05, 4.69) is 5.32 Å². The number of carbonyl (C=O) groups excluding carboxylic acids is 2. The van der Waals surface area contributed by atoms with Gasteiger partial charge in [-0.15, -0.1) is 0 Å². The molecule has 0 radical (unpaired) electrons. The van der Waals surface area contributed by atoms with Gasteiger partial charge < -0.3 is 10.1 Å². The highest BCUT2D eigenvalue weighted by Crippen LogP contribution is 2.18. The monoisotopic (exact) mass is 319 g/mol. The van der Waals surface area contributed by atoms with E-state index in [9.17, 15) is 19.7 Å². The zero-order valence-corrected chi connectivity index (χ0v) is 12.6. The number of benzene rings is 1. The van der Waals surface area contributed by atoms with Gasteiger partial charge in [0.1, 0.15) is 11.9 Å². The van der Waals surface area contributed by atoms with Crippen LogP contribution in [-0.4, -0.2) is 47.4 Å². The highest BCUT2D eigenvalue weighted by atomic mass is 16.6. The second-order valence-corrected chi connectivity index (χ2v) is 5.05. The standard InChI is InChI=1S/C15H17N3O5/c1-11(23-13-4-2-12(3-5-13)18(21)22)10-16-8-9-17-14(19)6-7-15(17)20/h2-7,11,16H,8-10H2,1H3. The van der Waals surface area contributed by atoms with Crippen LogP contribution < -0.4 is 10.1 Å². The molecule has 0 aliphatic carbocycles. The first-order valence-corrected chi connectivity index (χ1v) is 7.13. The van der Waals surface area contributed by atoms with Gasteiger partial charge in [-0.3, -0.25) is 24.6 Å². The van der Waals surface area contributed by atoms with E-state index < -0.39 is 4.92 Å². The van der Waals surface area contributed by atoms with Crippen LogP contribution in [0.1, 0.15) is 6.92 Å². The number of nitrogens with zero attached hydrogens (tertiary/aromatic N) is 2. The molecular weight excluding hydrogens is 302 g/mol. The van der Waals surface area contributed by atoms with Crippen LogP contribution in [0.25, 0.3) is 0 Å². The Labute approximate surface area is 132 Å². The average molecular weight is 319 g/mol. The molecule has 0 saturated carbocycles. The van der Waals surface area contributed by atoms with Gasteiger partial charge in [-0.05, 0) is 19.1 Å². The van der Waals surface area contributed by atoms with Crippen molar-refractivity contribution in [1.82, 2.24) is 10.2 Å². The first-order chi connectivity index (χ1) is 11.0. The molecule has 1 atom stereocenters. The van der Waals surface area contributed by atoms with Gasteiger partial charge in [0.15, 0.2) is 0 Å². The molecule has 8 heteroatoms. The van der Waals surface area contributed by atoms with Crippen LogP contribution >= 0.6 is 0 Å². The topological polar surface area (TPSA) is 102 Å². The number of nitro benzene ring substituents is 1. The van der Waals surface area contributed by atoms with Gasteiger partial charge in [0, 0.05) is 43.9 Å². The molecule has 0 bridgehead atoms. The molecule has 0 spiro atoms. The molecule has 122 valence electrons. The lowest BCUT2D eigenvalue weighted by atomic mass is 10.3. The van der Waals surface area contributed by atoms with Crippen molar-refractivity contribution in [3.8, 4) is 5.75 Å². The summed E-state index contributed by atoms with van der Waals surface area (Å²) in [5.41, 5.74) is 0.0108. The van der Waals surface area contributed by atoms with E-state index in [0.717, 1.165) is 4.90 Å². The van der Waals surface area contributed by atoms with Crippen LogP contribution in [0.5, 0.6) is 5.75 Å². The smallest absolute Gasteiger partial charge is 0.269 e. The summed E-state index contributed by atoms with van der Waals surface area (Å²) in [7, 11) is 0. The summed E-state index contributed by atoms with van der Waals surface area (Å²) in [5, 5.41) is 13.7. The Morgan fingerprint density at radius 3 is 2.39 bits per heavy atom. The number of non-ortho nitro benzene ring substituents is 1. The molecular formula is C15H17N3O5. The molecule has 0 aromatic heterocycles. The fourth-order valence-electron chi connectivity index (χ4n) is 2.07. The van der Waals surface area contributed by atoms with Crippen molar-refractivity contribution < 1.29 is 19.2 Å². The summed E-state index contributed by atoms with van der Waals surface area (Å²) in [6, 6.07) is 5.85. The molecule has 0 fully saturated rings. The molecule has 1 aliphatic rings. The Hall–Kier alpha value is -2.74. The van der Waals surface area contributed by atoms with E-state index in [1.165, 1.54) is 24.3 Å². The predicted molar refractivity (Wildman–Crippen MR) is 81.9 cm³/mol. The lowest BCUT2D eigenvalue weighted by molar-refractivity contribution is -0.384. The van der Waals surface area contributed by atoms with Gasteiger partial charge >= 0.3 is 0 Å². The molecule has 1 aliphatic heterocycles. The number of ether oxygens (including phenoxy) is 1. The number of nitrogens with one attached hydrogen (secondary N) is 1. The van der Waals surface area contributed by atoms with Crippen molar-refractivity contribution in [1.29, 1.82) is 0 Å². The molecule has 2 rings (SSSR count). The normalized spacial score (nSPS) is 15.1. The second kappa shape index (κ2) is 7.50. The molecule has 23 heavy (non-hydrogen) atoms. The van der Waals surface area contributed by atoms with E-state index in [1.54, 1.807) is 12.1 Å². The molecule has 1 N–H and O–H groups in total. The molecule has 2 amide bonds. The van der Waals surface area contributed by atoms with Crippen molar-refractivity contribution in [3.63, 3.8) is 0 Å². The van der Waals surface area contributed by atoms with Crippen LogP contribution in [0.2, 0.25) is 0 Å². The zero-order valence-electron chi connectivity index (χ0n) is 12.6. The quantitative estimate of drug-likeness (QED) is 0.330. The van der Waals surface area contributed by atoms with Crippen molar-refractivity contribution in [2.45, 2.75) is 13.0 Å². The van der Waals surface area contributed by atoms with Crippen LogP contribution in [0.4, 0.5) is 5.69 Å². The van der Waals surface area contributed by atoms with E-state index in [0.29, 0.717) is 25.4 Å². The van der Waals surface area contributed by atoms with Gasteiger partial charge in [0.2, 0.25) is 0 Å². The van der Waals surface area contributed by atoms with E-state index in [1.807, 2.05) is 6.92 Å². The lowest BCUT2D eigenvalue weighted by Crippen LogP contribution is -2.38. The minimum absolute atomic E-state index is 0.0108. The number of rotatable bonds is 8. The molecule has 1 aromatic carbocycles. The van der Waals surface area contributed by atoms with Crippen LogP contribution in [0, 0.1) is 10.1 Å². The number of hydrogen-bond donors (Lipinski definition) is 1. The minimum Gasteiger partial charge on any atom is -0.489 e. The summed E-state index contributed by atoms with van der Waals surface area (Å²) in [4.78, 5) is 34.0. The molecule has 1 unspecified atom stereocenters. The minimum atomic E-state index is -0.468. The highest BCUT2D eigenvalue weighted by molar-refractivity contribution is 6.12. The third-order valence-corrected chi connectivity index (χ3v) is 3.23. The van der Waals surface area contributed by atoms with Gasteiger partial charge in [0.25, 0.3) is 17.5 Å². The van der Waals surface area contributed by atoms with Gasteiger partial charge in [-0.25, -0.2) is 0 Å². The van der Waals surface area contributed by atoms with E-state index in [4.69, 9.17) is 4.74 Å². The third-order valence-electron chi connectivity index (χ3n) is 3.23. The molecule has 0 saturated heterocycles. The van der Waals surface area contributed by atoms with Crippen molar-refractivity contribution >= 4 is 17.5 Å². The number of imide groups is 1. The van der Waals surface area contributed by atoms with Gasteiger partial charge in [0.05, 0.1) is 4.92 Å². The first-order valence-electron chi connectivity index (χ1n) is 7.13. The summed E-state index contributed by atoms with van der Waals surface area (Å²) in [5.74, 6) is -0.0574.